The number of alkyl halides is 6. The zero-order valence-corrected chi connectivity index (χ0v) is 14.4. The number of hydrogen-bond acceptors (Lipinski definition) is 6. The predicted octanol–water partition coefficient (Wildman–Crippen LogP) is 1.76. The van der Waals surface area contributed by atoms with E-state index in [1.54, 1.807) is 0 Å². The molecule has 2 aliphatic heterocycles. The molecule has 0 amide bonds. The smallest absolute Gasteiger partial charge is 0.293 e. The summed E-state index contributed by atoms with van der Waals surface area (Å²) in [6, 6.07) is 0. The molecule has 6 nitrogen and oxygen atoms in total. The summed E-state index contributed by atoms with van der Waals surface area (Å²) >= 11 is 0. The molecule has 0 bridgehead atoms. The van der Waals surface area contributed by atoms with Crippen LogP contribution in [0, 0.1) is 0 Å². The number of hydrogen-bond donors (Lipinski definition) is 0. The van der Waals surface area contributed by atoms with E-state index >= 15 is 0 Å². The zero-order chi connectivity index (χ0) is 20.0. The van der Waals surface area contributed by atoms with Crippen LogP contribution in [0.5, 0.6) is 0 Å². The van der Waals surface area contributed by atoms with Gasteiger partial charge in [0, 0.05) is 0 Å². The minimum Gasteiger partial charge on any atom is -0.372 e. The fraction of sp³-hybridized carbons (Fsp3) is 1.00. The van der Waals surface area contributed by atoms with Crippen molar-refractivity contribution in [2.45, 2.75) is 30.0 Å². The Bertz CT molecular complexity index is 407. The molecule has 0 aliphatic carbocycles. The highest BCUT2D eigenvalue weighted by molar-refractivity contribution is 4.73. The predicted molar refractivity (Wildman–Crippen MR) is 77.6 cm³/mol. The van der Waals surface area contributed by atoms with Crippen LogP contribution >= 0.6 is 0 Å². The van der Waals surface area contributed by atoms with Gasteiger partial charge in [-0.1, -0.05) is 0 Å². The van der Waals surface area contributed by atoms with Crippen LogP contribution in [0.15, 0.2) is 0 Å². The molecule has 0 aromatic carbocycles. The molecule has 2 rings (SSSR count). The Morgan fingerprint density at radius 2 is 0.815 bits per heavy atom. The Morgan fingerprint density at radius 1 is 0.556 bits per heavy atom. The quantitative estimate of drug-likeness (QED) is 0.284. The maximum Gasteiger partial charge on any atom is 0.293 e. The first-order valence-corrected chi connectivity index (χ1v) is 8.25. The van der Waals surface area contributed by atoms with Crippen molar-refractivity contribution < 1.29 is 54.8 Å². The summed E-state index contributed by atoms with van der Waals surface area (Å²) in [5, 5.41) is 0. The van der Waals surface area contributed by atoms with Gasteiger partial charge in [0.2, 0.25) is 0 Å². The van der Waals surface area contributed by atoms with Gasteiger partial charge in [-0.2, -0.15) is 0 Å². The van der Waals surface area contributed by atoms with Crippen LogP contribution in [0.1, 0.15) is 0 Å². The van der Waals surface area contributed by atoms with Gasteiger partial charge in [-0.05, 0) is 0 Å². The third kappa shape index (κ3) is 11.1. The summed E-state index contributed by atoms with van der Waals surface area (Å²) in [5.41, 5.74) is 0. The van der Waals surface area contributed by atoms with Crippen LogP contribution in [0.4, 0.5) is 26.3 Å². The largest absolute Gasteiger partial charge is 0.372 e. The number of rotatable bonds is 16. The van der Waals surface area contributed by atoms with Gasteiger partial charge >= 0.3 is 0 Å². The van der Waals surface area contributed by atoms with E-state index in [2.05, 4.69) is 18.9 Å². The van der Waals surface area contributed by atoms with E-state index in [1.165, 1.54) is 0 Å². The number of halogens is 6. The lowest BCUT2D eigenvalue weighted by molar-refractivity contribution is -0.182. The van der Waals surface area contributed by atoms with Crippen molar-refractivity contribution in [3.05, 3.63) is 0 Å². The van der Waals surface area contributed by atoms with E-state index < -0.39 is 57.4 Å². The average Bonchev–Trinajstić information content (AvgIpc) is 3.40. The normalized spacial score (nSPS) is 22.9. The van der Waals surface area contributed by atoms with Gasteiger partial charge in [0.15, 0.2) is 0 Å². The molecule has 0 saturated carbocycles. The van der Waals surface area contributed by atoms with E-state index in [4.69, 9.17) is 9.47 Å². The van der Waals surface area contributed by atoms with Crippen molar-refractivity contribution in [2.24, 2.45) is 0 Å². The topological polar surface area (TPSA) is 62.0 Å². The average molecular weight is 412 g/mol. The highest BCUT2D eigenvalue weighted by atomic mass is 19.3. The van der Waals surface area contributed by atoms with Crippen LogP contribution < -0.4 is 0 Å². The number of epoxide rings is 2. The van der Waals surface area contributed by atoms with Crippen LogP contribution in [-0.2, 0) is 28.4 Å². The maximum atomic E-state index is 13.5. The van der Waals surface area contributed by atoms with Crippen molar-refractivity contribution in [3.8, 4) is 0 Å². The minimum absolute atomic E-state index is 0.00873. The third-order valence-corrected chi connectivity index (χ3v) is 3.29. The van der Waals surface area contributed by atoms with Gasteiger partial charge in [-0.25, -0.2) is 26.3 Å². The Balaban J connectivity index is 1.53. The SMILES string of the molecule is FC(F)(COCC1CO1)COCC(F)(F)COCC(F)(F)COCC1CO1. The fourth-order valence-corrected chi connectivity index (χ4v) is 1.83. The molecule has 2 atom stereocenters. The van der Waals surface area contributed by atoms with Gasteiger partial charge in [0.1, 0.15) is 51.8 Å². The van der Waals surface area contributed by atoms with Crippen molar-refractivity contribution in [1.82, 2.24) is 0 Å². The molecule has 160 valence electrons. The number of ether oxygens (including phenoxy) is 6. The van der Waals surface area contributed by atoms with E-state index in [-0.39, 0.29) is 25.4 Å². The van der Waals surface area contributed by atoms with Crippen molar-refractivity contribution in [1.29, 1.82) is 0 Å². The highest BCUT2D eigenvalue weighted by Gasteiger charge is 2.37. The molecule has 27 heavy (non-hydrogen) atoms. The van der Waals surface area contributed by atoms with Gasteiger partial charge in [0.25, 0.3) is 17.8 Å². The Labute approximate surface area is 152 Å². The first kappa shape index (κ1) is 22.6. The van der Waals surface area contributed by atoms with Crippen molar-refractivity contribution in [2.75, 3.05) is 66.1 Å². The van der Waals surface area contributed by atoms with E-state index in [1.807, 2.05) is 0 Å². The second kappa shape index (κ2) is 9.70. The lowest BCUT2D eigenvalue weighted by atomic mass is 10.3. The molecule has 0 N–H and O–H groups in total. The maximum absolute atomic E-state index is 13.5. The van der Waals surface area contributed by atoms with Gasteiger partial charge in [-0.15, -0.1) is 0 Å². The first-order valence-electron chi connectivity index (χ1n) is 8.25. The molecule has 0 aromatic heterocycles. The Hall–Kier alpha value is -0.660. The summed E-state index contributed by atoms with van der Waals surface area (Å²) in [7, 11) is 0. The molecule has 2 heterocycles. The van der Waals surface area contributed by atoms with E-state index in [0.29, 0.717) is 13.2 Å². The van der Waals surface area contributed by atoms with Crippen molar-refractivity contribution in [3.63, 3.8) is 0 Å². The van der Waals surface area contributed by atoms with Crippen LogP contribution in [-0.4, -0.2) is 96.0 Å². The molecule has 12 heteroatoms. The molecule has 2 saturated heterocycles. The van der Waals surface area contributed by atoms with Crippen LogP contribution in [0.25, 0.3) is 0 Å². The van der Waals surface area contributed by atoms with E-state index in [9.17, 15) is 26.3 Å². The van der Waals surface area contributed by atoms with Gasteiger partial charge in [-0.3, -0.25) is 0 Å². The molecule has 0 radical (unpaired) electrons. The van der Waals surface area contributed by atoms with Crippen molar-refractivity contribution >= 4 is 0 Å². The molecule has 2 aliphatic rings. The minimum atomic E-state index is -3.70. The molecular weight excluding hydrogens is 390 g/mol. The summed E-state index contributed by atoms with van der Waals surface area (Å²) in [4.78, 5) is 0. The van der Waals surface area contributed by atoms with Gasteiger partial charge in [0.05, 0.1) is 26.4 Å². The summed E-state index contributed by atoms with van der Waals surface area (Å²) in [5.74, 6) is -10.6. The summed E-state index contributed by atoms with van der Waals surface area (Å²) in [6.07, 6.45) is -0.400. The lowest BCUT2D eigenvalue weighted by Crippen LogP contribution is -2.37. The van der Waals surface area contributed by atoms with Crippen LogP contribution in [0.3, 0.4) is 0 Å². The summed E-state index contributed by atoms with van der Waals surface area (Å²) < 4.78 is 108. The monoisotopic (exact) mass is 412 g/mol. The Kier molecular flexibility index (Phi) is 8.13. The Morgan fingerprint density at radius 3 is 1.07 bits per heavy atom. The second-order valence-electron chi connectivity index (χ2n) is 6.49. The first-order chi connectivity index (χ1) is 12.6. The third-order valence-electron chi connectivity index (χ3n) is 3.29. The van der Waals surface area contributed by atoms with E-state index in [0.717, 1.165) is 0 Å². The lowest BCUT2D eigenvalue weighted by Gasteiger charge is -2.21. The summed E-state index contributed by atoms with van der Waals surface area (Å²) in [6.45, 7) is -6.49. The highest BCUT2D eigenvalue weighted by Crippen LogP contribution is 2.21. The molecule has 0 aromatic rings. The fourth-order valence-electron chi connectivity index (χ4n) is 1.83. The van der Waals surface area contributed by atoms with Crippen LogP contribution in [0.2, 0.25) is 0 Å². The zero-order valence-electron chi connectivity index (χ0n) is 14.4. The van der Waals surface area contributed by atoms with Gasteiger partial charge < -0.3 is 28.4 Å². The second-order valence-corrected chi connectivity index (χ2v) is 6.49. The standard InChI is InChI=1S/C15H22F6O6/c16-13(17,5-22-1-11-3-26-11)7-24-9-15(20,21)10-25-8-14(18,19)6-23-2-12-4-27-12/h11-12H,1-10H2. The molecule has 0 spiro atoms. The molecular formula is C15H22F6O6. The molecule has 2 fully saturated rings. The molecule has 2 unspecified atom stereocenters.